The summed E-state index contributed by atoms with van der Waals surface area (Å²) in [5.41, 5.74) is 6.92. The van der Waals surface area contributed by atoms with E-state index in [-0.39, 0.29) is 11.9 Å². The molecule has 5 heteroatoms. The standard InChI is InChI=1S/C16H26N4O/c1-13(11-16(17)19-21)18-15-7-9-20(10-8-15)12-14-5-3-2-4-6-14/h2-6,13,15,18,21H,7-12H2,1H3,(H2,17,19). The van der Waals surface area contributed by atoms with E-state index in [0.29, 0.717) is 12.5 Å². The normalized spacial score (nSPS) is 19.6. The van der Waals surface area contributed by atoms with Gasteiger partial charge in [-0.2, -0.15) is 0 Å². The average molecular weight is 290 g/mol. The van der Waals surface area contributed by atoms with Crippen LogP contribution in [0.4, 0.5) is 0 Å². The molecule has 0 amide bonds. The van der Waals surface area contributed by atoms with Crippen molar-refractivity contribution in [2.45, 2.75) is 44.8 Å². The van der Waals surface area contributed by atoms with E-state index >= 15 is 0 Å². The van der Waals surface area contributed by atoms with Crippen LogP contribution in [0.3, 0.4) is 0 Å². The van der Waals surface area contributed by atoms with Crippen molar-refractivity contribution in [2.75, 3.05) is 13.1 Å². The Kier molecular flexibility index (Phi) is 6.02. The number of hydrogen-bond acceptors (Lipinski definition) is 4. The van der Waals surface area contributed by atoms with Crippen LogP contribution in [0.25, 0.3) is 0 Å². The van der Waals surface area contributed by atoms with E-state index in [0.717, 1.165) is 32.5 Å². The van der Waals surface area contributed by atoms with Gasteiger partial charge < -0.3 is 16.3 Å². The van der Waals surface area contributed by atoms with Crippen LogP contribution in [0.1, 0.15) is 31.7 Å². The van der Waals surface area contributed by atoms with Crippen molar-refractivity contribution in [2.24, 2.45) is 10.9 Å². The Balaban J connectivity index is 1.71. The van der Waals surface area contributed by atoms with E-state index in [2.05, 4.69) is 52.6 Å². The van der Waals surface area contributed by atoms with Gasteiger partial charge >= 0.3 is 0 Å². The molecule has 0 aromatic heterocycles. The maximum atomic E-state index is 8.59. The van der Waals surface area contributed by atoms with Crippen molar-refractivity contribution in [3.63, 3.8) is 0 Å². The lowest BCUT2D eigenvalue weighted by atomic mass is 10.0. The molecule has 2 rings (SSSR count). The lowest BCUT2D eigenvalue weighted by molar-refractivity contribution is 0.185. The van der Waals surface area contributed by atoms with Gasteiger partial charge in [-0.05, 0) is 38.4 Å². The first-order chi connectivity index (χ1) is 10.2. The molecular weight excluding hydrogens is 264 g/mol. The average Bonchev–Trinajstić information content (AvgIpc) is 2.50. The minimum Gasteiger partial charge on any atom is -0.409 e. The van der Waals surface area contributed by atoms with E-state index in [4.69, 9.17) is 10.9 Å². The molecule has 21 heavy (non-hydrogen) atoms. The molecule has 0 spiro atoms. The van der Waals surface area contributed by atoms with Crippen LogP contribution in [0.2, 0.25) is 0 Å². The first kappa shape index (κ1) is 15.8. The second kappa shape index (κ2) is 8.00. The number of likely N-dealkylation sites (tertiary alicyclic amines) is 1. The summed E-state index contributed by atoms with van der Waals surface area (Å²) < 4.78 is 0. The van der Waals surface area contributed by atoms with Crippen LogP contribution in [0, 0.1) is 0 Å². The van der Waals surface area contributed by atoms with E-state index in [1.165, 1.54) is 5.56 Å². The second-order valence-corrected chi connectivity index (χ2v) is 5.90. The molecule has 1 atom stereocenters. The quantitative estimate of drug-likeness (QED) is 0.323. The summed E-state index contributed by atoms with van der Waals surface area (Å²) in [5, 5.41) is 15.2. The Bertz CT molecular complexity index is 441. The molecule has 1 fully saturated rings. The van der Waals surface area contributed by atoms with Crippen molar-refractivity contribution >= 4 is 5.84 Å². The minimum atomic E-state index is 0.242. The molecule has 1 aliphatic heterocycles. The summed E-state index contributed by atoms with van der Waals surface area (Å²) in [6.45, 7) is 5.34. The number of benzene rings is 1. The van der Waals surface area contributed by atoms with Gasteiger partial charge in [-0.3, -0.25) is 4.90 Å². The molecule has 1 heterocycles. The monoisotopic (exact) mass is 290 g/mol. The van der Waals surface area contributed by atoms with Gasteiger partial charge in [0.25, 0.3) is 0 Å². The van der Waals surface area contributed by atoms with Gasteiger partial charge in [0.2, 0.25) is 0 Å². The van der Waals surface area contributed by atoms with E-state index in [1.54, 1.807) is 0 Å². The molecule has 0 saturated carbocycles. The molecule has 1 unspecified atom stereocenters. The van der Waals surface area contributed by atoms with Gasteiger partial charge in [0.1, 0.15) is 5.84 Å². The fourth-order valence-electron chi connectivity index (χ4n) is 2.92. The second-order valence-electron chi connectivity index (χ2n) is 5.90. The first-order valence-corrected chi connectivity index (χ1v) is 7.66. The third kappa shape index (κ3) is 5.36. The molecule has 5 nitrogen and oxygen atoms in total. The number of oxime groups is 1. The molecular formula is C16H26N4O. The predicted octanol–water partition coefficient (Wildman–Crippen LogP) is 1.77. The minimum absolute atomic E-state index is 0.242. The fourth-order valence-corrected chi connectivity index (χ4v) is 2.92. The molecule has 4 N–H and O–H groups in total. The fraction of sp³-hybridized carbons (Fsp3) is 0.562. The smallest absolute Gasteiger partial charge is 0.140 e. The highest BCUT2D eigenvalue weighted by atomic mass is 16.4. The molecule has 0 aliphatic carbocycles. The highest BCUT2D eigenvalue weighted by Gasteiger charge is 2.20. The highest BCUT2D eigenvalue weighted by molar-refractivity contribution is 5.80. The number of rotatable bonds is 6. The maximum absolute atomic E-state index is 8.59. The van der Waals surface area contributed by atoms with Gasteiger partial charge in [-0.1, -0.05) is 35.5 Å². The van der Waals surface area contributed by atoms with Gasteiger partial charge in [0.15, 0.2) is 0 Å². The van der Waals surface area contributed by atoms with Crippen molar-refractivity contribution < 1.29 is 5.21 Å². The predicted molar refractivity (Wildman–Crippen MR) is 85.4 cm³/mol. The van der Waals surface area contributed by atoms with Crippen molar-refractivity contribution in [3.8, 4) is 0 Å². The van der Waals surface area contributed by atoms with Crippen LogP contribution in [-0.2, 0) is 6.54 Å². The van der Waals surface area contributed by atoms with E-state index < -0.39 is 0 Å². The van der Waals surface area contributed by atoms with Gasteiger partial charge in [-0.25, -0.2) is 0 Å². The van der Waals surface area contributed by atoms with E-state index in [1.807, 2.05) is 0 Å². The third-order valence-electron chi connectivity index (χ3n) is 4.00. The number of nitrogens with zero attached hydrogens (tertiary/aromatic N) is 2. The zero-order chi connectivity index (χ0) is 15.1. The van der Waals surface area contributed by atoms with Crippen LogP contribution < -0.4 is 11.1 Å². The Morgan fingerprint density at radius 3 is 2.67 bits per heavy atom. The number of nitrogens with two attached hydrogens (primary N) is 1. The van der Waals surface area contributed by atoms with Crippen LogP contribution in [0.5, 0.6) is 0 Å². The van der Waals surface area contributed by atoms with E-state index in [9.17, 15) is 0 Å². The molecule has 1 aliphatic rings. The third-order valence-corrected chi connectivity index (χ3v) is 4.00. The summed E-state index contributed by atoms with van der Waals surface area (Å²) in [5.74, 6) is 0.288. The molecule has 1 saturated heterocycles. The summed E-state index contributed by atoms with van der Waals surface area (Å²) in [4.78, 5) is 2.50. The van der Waals surface area contributed by atoms with Crippen molar-refractivity contribution in [1.82, 2.24) is 10.2 Å². The summed E-state index contributed by atoms with van der Waals surface area (Å²) in [6, 6.07) is 11.4. The van der Waals surface area contributed by atoms with Gasteiger partial charge in [0.05, 0.1) is 0 Å². The van der Waals surface area contributed by atoms with Gasteiger partial charge in [0, 0.05) is 25.0 Å². The number of nitrogens with one attached hydrogen (secondary N) is 1. The summed E-state index contributed by atoms with van der Waals surface area (Å²) >= 11 is 0. The molecule has 1 aromatic carbocycles. The van der Waals surface area contributed by atoms with Gasteiger partial charge in [-0.15, -0.1) is 0 Å². The summed E-state index contributed by atoms with van der Waals surface area (Å²) in [6.07, 6.45) is 2.88. The maximum Gasteiger partial charge on any atom is 0.140 e. The number of amidine groups is 1. The largest absolute Gasteiger partial charge is 0.409 e. The summed E-state index contributed by atoms with van der Waals surface area (Å²) in [7, 11) is 0. The Hall–Kier alpha value is -1.59. The van der Waals surface area contributed by atoms with Crippen molar-refractivity contribution in [3.05, 3.63) is 35.9 Å². The molecule has 0 bridgehead atoms. The lowest BCUT2D eigenvalue weighted by Crippen LogP contribution is -2.46. The topological polar surface area (TPSA) is 73.9 Å². The zero-order valence-corrected chi connectivity index (χ0v) is 12.7. The SMILES string of the molecule is CC(CC(N)=NO)NC1CCN(Cc2ccccc2)CC1. The van der Waals surface area contributed by atoms with Crippen LogP contribution in [0.15, 0.2) is 35.5 Å². The molecule has 1 aromatic rings. The number of piperidine rings is 1. The van der Waals surface area contributed by atoms with Crippen LogP contribution in [-0.4, -0.2) is 41.1 Å². The Labute approximate surface area is 126 Å². The molecule has 0 radical (unpaired) electrons. The van der Waals surface area contributed by atoms with Crippen molar-refractivity contribution in [1.29, 1.82) is 0 Å². The first-order valence-electron chi connectivity index (χ1n) is 7.66. The van der Waals surface area contributed by atoms with Crippen LogP contribution >= 0.6 is 0 Å². The Morgan fingerprint density at radius 1 is 1.38 bits per heavy atom. The number of hydrogen-bond donors (Lipinski definition) is 3. The zero-order valence-electron chi connectivity index (χ0n) is 12.7. The Morgan fingerprint density at radius 2 is 2.05 bits per heavy atom. The lowest BCUT2D eigenvalue weighted by Gasteiger charge is -2.34. The molecule has 116 valence electrons. The highest BCUT2D eigenvalue weighted by Crippen LogP contribution is 2.14.